The van der Waals surface area contributed by atoms with Gasteiger partial charge in [-0.25, -0.2) is 0 Å². The van der Waals surface area contributed by atoms with E-state index in [9.17, 15) is 0 Å². The average molecular weight is 221 g/mol. The Hall–Kier alpha value is -0.763. The predicted octanol–water partition coefficient (Wildman–Crippen LogP) is 2.62. The molecule has 15 heavy (non-hydrogen) atoms. The third-order valence-corrected chi connectivity index (χ3v) is 7.19. The van der Waals surface area contributed by atoms with Crippen LogP contribution in [0.15, 0.2) is 24.3 Å². The van der Waals surface area contributed by atoms with Crippen molar-refractivity contribution >= 4 is 19.7 Å². The van der Waals surface area contributed by atoms with Gasteiger partial charge in [0.2, 0.25) is 0 Å². The monoisotopic (exact) mass is 221 g/mol. The van der Waals surface area contributed by atoms with Gasteiger partial charge in [-0.15, -0.1) is 0 Å². The van der Waals surface area contributed by atoms with E-state index in [0.29, 0.717) is 5.04 Å². The number of benzene rings is 1. The first-order valence-corrected chi connectivity index (χ1v) is 7.90. The third kappa shape index (κ3) is 3.10. The highest BCUT2D eigenvalue weighted by Gasteiger charge is 2.22. The summed E-state index contributed by atoms with van der Waals surface area (Å²) in [5.41, 5.74) is 1.29. The second-order valence-electron chi connectivity index (χ2n) is 5.57. The molecule has 0 bridgehead atoms. The molecule has 0 spiro atoms. The molecular formula is C13H23NSi. The van der Waals surface area contributed by atoms with E-state index in [4.69, 9.17) is 0 Å². The summed E-state index contributed by atoms with van der Waals surface area (Å²) in [5.74, 6) is 0. The summed E-state index contributed by atoms with van der Waals surface area (Å²) in [6, 6.07) is 9.06. The zero-order chi connectivity index (χ0) is 11.6. The second kappa shape index (κ2) is 4.39. The van der Waals surface area contributed by atoms with Crippen LogP contribution >= 0.6 is 0 Å². The Morgan fingerprint density at radius 3 is 1.80 bits per heavy atom. The molecule has 1 aromatic rings. The molecule has 0 aliphatic carbocycles. The molecular weight excluding hydrogens is 198 g/mol. The number of hydrogen-bond acceptors (Lipinski definition) is 1. The summed E-state index contributed by atoms with van der Waals surface area (Å²) in [4.78, 5) is 2.15. The van der Waals surface area contributed by atoms with Crippen LogP contribution in [0.2, 0.25) is 11.6 Å². The Labute approximate surface area is 95.7 Å². The maximum Gasteiger partial charge on any atom is 0.0730 e. The molecule has 0 aliphatic heterocycles. The molecule has 0 saturated heterocycles. The first-order chi connectivity index (χ1) is 6.82. The van der Waals surface area contributed by atoms with Crippen molar-refractivity contribution in [1.29, 1.82) is 0 Å². The van der Waals surface area contributed by atoms with E-state index in [0.717, 1.165) is 0 Å². The Bertz CT molecular complexity index is 308. The van der Waals surface area contributed by atoms with Gasteiger partial charge in [-0.2, -0.15) is 0 Å². The lowest BCUT2D eigenvalue weighted by molar-refractivity contribution is 0.746. The van der Waals surface area contributed by atoms with Gasteiger partial charge in [0.05, 0.1) is 8.80 Å². The lowest BCUT2D eigenvalue weighted by atomic mass is 10.2. The highest BCUT2D eigenvalue weighted by Crippen LogP contribution is 2.26. The molecule has 1 aromatic carbocycles. The van der Waals surface area contributed by atoms with Gasteiger partial charge in [0.1, 0.15) is 0 Å². The summed E-state index contributed by atoms with van der Waals surface area (Å²) < 4.78 is 0. The Balaban J connectivity index is 2.89. The molecule has 0 fully saturated rings. The van der Waals surface area contributed by atoms with E-state index in [2.05, 4.69) is 70.6 Å². The molecule has 2 heteroatoms. The van der Waals surface area contributed by atoms with Crippen LogP contribution in [-0.2, 0) is 0 Å². The minimum Gasteiger partial charge on any atom is -0.378 e. The quantitative estimate of drug-likeness (QED) is 0.694. The Morgan fingerprint density at radius 1 is 1.00 bits per heavy atom. The predicted molar refractivity (Wildman–Crippen MR) is 73.1 cm³/mol. The van der Waals surface area contributed by atoms with Crippen molar-refractivity contribution in [3.8, 4) is 0 Å². The van der Waals surface area contributed by atoms with E-state index in [-0.39, 0.29) is 0 Å². The lowest BCUT2D eigenvalue weighted by Crippen LogP contribution is -2.35. The molecule has 0 radical (unpaired) electrons. The van der Waals surface area contributed by atoms with Crippen molar-refractivity contribution in [3.63, 3.8) is 0 Å². The van der Waals surface area contributed by atoms with Crippen molar-refractivity contribution in [2.75, 3.05) is 19.0 Å². The standard InChI is InChI=1S/C13H23NSi/c1-13(2,3)15(6)12-9-7-11(8-10-12)14(4)5/h7-10,15H,1-6H3. The fraction of sp³-hybridized carbons (Fsp3) is 0.538. The molecule has 0 heterocycles. The highest BCUT2D eigenvalue weighted by atomic mass is 28.3. The molecule has 1 atom stereocenters. The van der Waals surface area contributed by atoms with Gasteiger partial charge in [0.15, 0.2) is 0 Å². The molecule has 0 saturated carbocycles. The van der Waals surface area contributed by atoms with Gasteiger partial charge in [-0.1, -0.05) is 44.6 Å². The SMILES string of the molecule is CN(C)c1ccc([SiH](C)C(C)(C)C)cc1. The van der Waals surface area contributed by atoms with E-state index in [1.807, 2.05) is 0 Å². The van der Waals surface area contributed by atoms with Crippen molar-refractivity contribution in [1.82, 2.24) is 0 Å². The van der Waals surface area contributed by atoms with Crippen LogP contribution in [0.3, 0.4) is 0 Å². The molecule has 1 rings (SSSR count). The maximum atomic E-state index is 2.44. The summed E-state index contributed by atoms with van der Waals surface area (Å²) in [7, 11) is 3.35. The number of nitrogens with zero attached hydrogens (tertiary/aromatic N) is 1. The first-order valence-electron chi connectivity index (χ1n) is 5.59. The molecule has 1 nitrogen and oxygen atoms in total. The van der Waals surface area contributed by atoms with Crippen LogP contribution in [0.1, 0.15) is 20.8 Å². The van der Waals surface area contributed by atoms with Crippen LogP contribution in [0.5, 0.6) is 0 Å². The summed E-state index contributed by atoms with van der Waals surface area (Å²) in [5, 5.41) is 2.03. The van der Waals surface area contributed by atoms with E-state index in [1.165, 1.54) is 5.69 Å². The maximum absolute atomic E-state index is 2.44. The number of hydrogen-bond donors (Lipinski definition) is 0. The summed E-state index contributed by atoms with van der Waals surface area (Å²) >= 11 is 0. The minimum absolute atomic E-state index is 0.472. The van der Waals surface area contributed by atoms with Gasteiger partial charge < -0.3 is 4.90 Å². The van der Waals surface area contributed by atoms with Gasteiger partial charge in [0, 0.05) is 19.8 Å². The zero-order valence-electron chi connectivity index (χ0n) is 10.8. The Kier molecular flexibility index (Phi) is 3.61. The van der Waals surface area contributed by atoms with Crippen LogP contribution in [0, 0.1) is 0 Å². The minimum atomic E-state index is -0.819. The molecule has 1 unspecified atom stereocenters. The van der Waals surface area contributed by atoms with Crippen LogP contribution < -0.4 is 10.1 Å². The molecule has 0 aliphatic rings. The topological polar surface area (TPSA) is 3.24 Å². The lowest BCUT2D eigenvalue weighted by Gasteiger charge is -2.26. The molecule has 0 aromatic heterocycles. The van der Waals surface area contributed by atoms with Gasteiger partial charge in [-0.05, 0) is 17.2 Å². The molecule has 0 N–H and O–H groups in total. The van der Waals surface area contributed by atoms with E-state index >= 15 is 0 Å². The van der Waals surface area contributed by atoms with Gasteiger partial charge in [0.25, 0.3) is 0 Å². The summed E-state index contributed by atoms with van der Waals surface area (Å²) in [6.45, 7) is 9.49. The average Bonchev–Trinajstić information content (AvgIpc) is 2.15. The normalized spacial score (nSPS) is 13.7. The van der Waals surface area contributed by atoms with Crippen molar-refractivity contribution < 1.29 is 0 Å². The molecule has 0 amide bonds. The van der Waals surface area contributed by atoms with Crippen molar-refractivity contribution in [2.24, 2.45) is 0 Å². The fourth-order valence-electron chi connectivity index (χ4n) is 1.56. The highest BCUT2D eigenvalue weighted by molar-refractivity contribution is 6.74. The van der Waals surface area contributed by atoms with E-state index < -0.39 is 8.80 Å². The first kappa shape index (κ1) is 12.3. The van der Waals surface area contributed by atoms with Crippen molar-refractivity contribution in [2.45, 2.75) is 32.4 Å². The largest absolute Gasteiger partial charge is 0.378 e. The van der Waals surface area contributed by atoms with Crippen LogP contribution in [0.4, 0.5) is 5.69 Å². The van der Waals surface area contributed by atoms with Gasteiger partial charge >= 0.3 is 0 Å². The third-order valence-electron chi connectivity index (χ3n) is 3.21. The smallest absolute Gasteiger partial charge is 0.0730 e. The van der Waals surface area contributed by atoms with Crippen LogP contribution in [-0.4, -0.2) is 22.9 Å². The zero-order valence-corrected chi connectivity index (χ0v) is 12.0. The molecule has 84 valence electrons. The fourth-order valence-corrected chi connectivity index (χ4v) is 3.33. The number of anilines is 1. The van der Waals surface area contributed by atoms with Gasteiger partial charge in [-0.3, -0.25) is 0 Å². The summed E-state index contributed by atoms with van der Waals surface area (Å²) in [6.07, 6.45) is 0. The number of rotatable bonds is 2. The second-order valence-corrected chi connectivity index (χ2v) is 9.42. The van der Waals surface area contributed by atoms with Crippen LogP contribution in [0.25, 0.3) is 0 Å². The van der Waals surface area contributed by atoms with Crippen molar-refractivity contribution in [3.05, 3.63) is 24.3 Å². The Morgan fingerprint density at radius 2 is 1.47 bits per heavy atom. The van der Waals surface area contributed by atoms with E-state index in [1.54, 1.807) is 5.19 Å².